The molecule has 0 saturated carbocycles. The van der Waals surface area contributed by atoms with Gasteiger partial charge in [-0.05, 0) is 35.4 Å². The largest absolute Gasteiger partial charge is 0.508 e. The van der Waals surface area contributed by atoms with Gasteiger partial charge in [-0.15, -0.1) is 0 Å². The second-order valence-electron chi connectivity index (χ2n) is 7.88. The first-order valence-electron chi connectivity index (χ1n) is 10.4. The molecule has 0 aliphatic carbocycles. The predicted octanol–water partition coefficient (Wildman–Crippen LogP) is 4.33. The molecule has 2 N–H and O–H groups in total. The lowest BCUT2D eigenvalue weighted by molar-refractivity contribution is -0.135. The molecule has 0 saturated heterocycles. The molecule has 0 bridgehead atoms. The van der Waals surface area contributed by atoms with Gasteiger partial charge in [0.25, 0.3) is 0 Å². The highest BCUT2D eigenvalue weighted by Crippen LogP contribution is 2.46. The molecule has 0 fully saturated rings. The lowest BCUT2D eigenvalue weighted by Gasteiger charge is -2.26. The topological polar surface area (TPSA) is 115 Å². The van der Waals surface area contributed by atoms with Gasteiger partial charge < -0.3 is 28.8 Å². The van der Waals surface area contributed by atoms with Crippen LogP contribution in [0.15, 0.2) is 64.0 Å². The Morgan fingerprint density at radius 3 is 2.38 bits per heavy atom. The lowest BCUT2D eigenvalue weighted by Crippen LogP contribution is -2.22. The summed E-state index contributed by atoms with van der Waals surface area (Å²) < 4.78 is 21.9. The Hall–Kier alpha value is -4.46. The minimum absolute atomic E-state index is 0.0127. The summed E-state index contributed by atoms with van der Waals surface area (Å²) in [6, 6.07) is 12.7. The number of esters is 1. The van der Waals surface area contributed by atoms with Crippen molar-refractivity contribution < 1.29 is 33.6 Å². The molecular formula is C26H20O8. The molecule has 1 aliphatic heterocycles. The van der Waals surface area contributed by atoms with E-state index < -0.39 is 17.3 Å². The lowest BCUT2D eigenvalue weighted by atomic mass is 9.85. The van der Waals surface area contributed by atoms with E-state index in [0.717, 1.165) is 5.56 Å². The van der Waals surface area contributed by atoms with Crippen molar-refractivity contribution >= 4 is 16.9 Å². The van der Waals surface area contributed by atoms with Gasteiger partial charge in [-0.3, -0.25) is 9.59 Å². The zero-order valence-electron chi connectivity index (χ0n) is 18.3. The van der Waals surface area contributed by atoms with E-state index in [4.69, 9.17) is 18.6 Å². The van der Waals surface area contributed by atoms with Gasteiger partial charge in [0.2, 0.25) is 5.43 Å². The molecule has 34 heavy (non-hydrogen) atoms. The monoisotopic (exact) mass is 460 g/mol. The SMILES string of the molecule is COc1ccc(-c2coc3c4c(cc(O)c3c2=O)OC(=O)C[C@@H]4c2ccc(O)cc2)cc1OC. The molecule has 0 amide bonds. The summed E-state index contributed by atoms with van der Waals surface area (Å²) in [7, 11) is 3.01. The van der Waals surface area contributed by atoms with E-state index in [2.05, 4.69) is 0 Å². The number of carbonyl (C=O) groups is 1. The molecule has 2 heterocycles. The molecule has 5 rings (SSSR count). The average molecular weight is 460 g/mol. The Kier molecular flexibility index (Phi) is 5.13. The summed E-state index contributed by atoms with van der Waals surface area (Å²) in [5.41, 5.74) is 1.64. The fourth-order valence-corrected chi connectivity index (χ4v) is 4.33. The number of aromatic hydroxyl groups is 2. The Balaban J connectivity index is 1.74. The van der Waals surface area contributed by atoms with Gasteiger partial charge in [0, 0.05) is 17.5 Å². The predicted molar refractivity (Wildman–Crippen MR) is 123 cm³/mol. The van der Waals surface area contributed by atoms with Gasteiger partial charge in [-0.2, -0.15) is 0 Å². The molecule has 0 radical (unpaired) electrons. The highest BCUT2D eigenvalue weighted by atomic mass is 16.5. The van der Waals surface area contributed by atoms with E-state index in [9.17, 15) is 19.8 Å². The van der Waals surface area contributed by atoms with Gasteiger partial charge in [0.05, 0.1) is 26.2 Å². The summed E-state index contributed by atoms with van der Waals surface area (Å²) in [5.74, 6) is -0.168. The maximum absolute atomic E-state index is 13.5. The van der Waals surface area contributed by atoms with Crippen molar-refractivity contribution in [1.82, 2.24) is 0 Å². The van der Waals surface area contributed by atoms with E-state index in [1.54, 1.807) is 30.3 Å². The molecule has 8 nitrogen and oxygen atoms in total. The van der Waals surface area contributed by atoms with Crippen LogP contribution in [0, 0.1) is 0 Å². The van der Waals surface area contributed by atoms with Gasteiger partial charge in [0.1, 0.15) is 34.5 Å². The first-order valence-corrected chi connectivity index (χ1v) is 10.4. The van der Waals surface area contributed by atoms with Crippen molar-refractivity contribution in [3.8, 4) is 39.9 Å². The third kappa shape index (κ3) is 3.40. The highest BCUT2D eigenvalue weighted by Gasteiger charge is 2.33. The second kappa shape index (κ2) is 8.15. The Morgan fingerprint density at radius 1 is 0.941 bits per heavy atom. The second-order valence-corrected chi connectivity index (χ2v) is 7.88. The van der Waals surface area contributed by atoms with E-state index in [-0.39, 0.29) is 40.2 Å². The quantitative estimate of drug-likeness (QED) is 0.342. The summed E-state index contributed by atoms with van der Waals surface area (Å²) >= 11 is 0. The molecule has 3 aromatic carbocycles. The van der Waals surface area contributed by atoms with Gasteiger partial charge in [-0.1, -0.05) is 18.2 Å². The number of phenolic OH excluding ortho intramolecular Hbond substituents is 2. The Morgan fingerprint density at radius 2 is 1.68 bits per heavy atom. The summed E-state index contributed by atoms with van der Waals surface area (Å²) in [4.78, 5) is 25.8. The molecule has 1 aliphatic rings. The first-order chi connectivity index (χ1) is 16.4. The molecule has 0 spiro atoms. The van der Waals surface area contributed by atoms with Crippen LogP contribution in [-0.2, 0) is 4.79 Å². The van der Waals surface area contributed by atoms with Crippen molar-refractivity contribution in [2.24, 2.45) is 0 Å². The maximum atomic E-state index is 13.5. The van der Waals surface area contributed by atoms with Crippen LogP contribution < -0.4 is 19.6 Å². The molecule has 0 unspecified atom stereocenters. The minimum Gasteiger partial charge on any atom is -0.508 e. The molecule has 8 heteroatoms. The fraction of sp³-hybridized carbons (Fsp3) is 0.154. The zero-order valence-corrected chi connectivity index (χ0v) is 18.3. The van der Waals surface area contributed by atoms with Crippen LogP contribution in [0.3, 0.4) is 0 Å². The third-order valence-electron chi connectivity index (χ3n) is 5.96. The van der Waals surface area contributed by atoms with Crippen molar-refractivity contribution in [2.45, 2.75) is 12.3 Å². The van der Waals surface area contributed by atoms with Gasteiger partial charge in [-0.25, -0.2) is 0 Å². The van der Waals surface area contributed by atoms with Crippen molar-refractivity contribution in [3.05, 3.63) is 76.1 Å². The van der Waals surface area contributed by atoms with Crippen LogP contribution in [0.5, 0.6) is 28.7 Å². The first kappa shape index (κ1) is 21.4. The number of fused-ring (bicyclic) bond motifs is 3. The van der Waals surface area contributed by atoms with Crippen molar-refractivity contribution in [2.75, 3.05) is 14.2 Å². The Bertz CT molecular complexity index is 1480. The molecule has 172 valence electrons. The number of phenols is 2. The minimum atomic E-state index is -0.491. The smallest absolute Gasteiger partial charge is 0.312 e. The highest BCUT2D eigenvalue weighted by molar-refractivity contribution is 5.94. The third-order valence-corrected chi connectivity index (χ3v) is 5.96. The zero-order chi connectivity index (χ0) is 24.0. The summed E-state index contributed by atoms with van der Waals surface area (Å²) in [5, 5.41) is 20.3. The fourth-order valence-electron chi connectivity index (χ4n) is 4.33. The van der Waals surface area contributed by atoms with Crippen LogP contribution in [0.4, 0.5) is 0 Å². The van der Waals surface area contributed by atoms with Crippen LogP contribution >= 0.6 is 0 Å². The molecule has 1 aromatic heterocycles. The van der Waals surface area contributed by atoms with E-state index >= 15 is 0 Å². The summed E-state index contributed by atoms with van der Waals surface area (Å²) in [6.07, 6.45) is 1.33. The number of hydrogen-bond acceptors (Lipinski definition) is 8. The van der Waals surface area contributed by atoms with Crippen LogP contribution in [0.25, 0.3) is 22.1 Å². The van der Waals surface area contributed by atoms with E-state index in [0.29, 0.717) is 22.6 Å². The number of methoxy groups -OCH3 is 2. The van der Waals surface area contributed by atoms with Gasteiger partial charge in [0.15, 0.2) is 11.5 Å². The number of hydrogen-bond donors (Lipinski definition) is 2. The van der Waals surface area contributed by atoms with Crippen molar-refractivity contribution in [3.63, 3.8) is 0 Å². The van der Waals surface area contributed by atoms with E-state index in [1.807, 2.05) is 0 Å². The van der Waals surface area contributed by atoms with Crippen molar-refractivity contribution in [1.29, 1.82) is 0 Å². The Labute approximate surface area is 193 Å². The number of rotatable bonds is 4. The number of benzene rings is 3. The molecular weight excluding hydrogens is 440 g/mol. The molecule has 1 atom stereocenters. The average Bonchev–Trinajstić information content (AvgIpc) is 2.83. The maximum Gasteiger partial charge on any atom is 0.312 e. The van der Waals surface area contributed by atoms with E-state index in [1.165, 1.54) is 38.7 Å². The van der Waals surface area contributed by atoms with Crippen LogP contribution in [-0.4, -0.2) is 30.4 Å². The van der Waals surface area contributed by atoms with Crippen LogP contribution in [0.1, 0.15) is 23.5 Å². The number of carbonyl (C=O) groups excluding carboxylic acids is 1. The van der Waals surface area contributed by atoms with Crippen LogP contribution in [0.2, 0.25) is 0 Å². The normalized spacial score (nSPS) is 15.0. The summed E-state index contributed by atoms with van der Waals surface area (Å²) in [6.45, 7) is 0. The standard InChI is InChI=1S/C26H20O8/c1-31-19-8-5-14(9-20(19)32-2)17-12-33-26-23-16(13-3-6-15(27)7-4-13)10-22(29)34-21(23)11-18(28)24(26)25(17)30/h3-9,11-12,16,27-28H,10H2,1-2H3/t16-/m1/s1. The molecule has 4 aromatic rings. The number of ether oxygens (including phenoxy) is 3. The van der Waals surface area contributed by atoms with Gasteiger partial charge >= 0.3 is 5.97 Å².